The van der Waals surface area contributed by atoms with E-state index in [1.807, 2.05) is 14.1 Å². The summed E-state index contributed by atoms with van der Waals surface area (Å²) >= 11 is 0. The monoisotopic (exact) mass is 229 g/mol. The highest BCUT2D eigenvalue weighted by molar-refractivity contribution is 5.79. The van der Waals surface area contributed by atoms with Crippen LogP contribution in [0.1, 0.15) is 6.42 Å². The molecule has 2 N–H and O–H groups in total. The molecule has 16 heavy (non-hydrogen) atoms. The fraction of sp³-hybridized carbons (Fsp3) is 0.909. The third-order valence-electron chi connectivity index (χ3n) is 2.66. The van der Waals surface area contributed by atoms with E-state index in [-0.39, 0.29) is 11.8 Å². The molecule has 5 nitrogen and oxygen atoms in total. The summed E-state index contributed by atoms with van der Waals surface area (Å²) in [6.45, 7) is 4.61. The molecule has 0 aromatic heterocycles. The maximum atomic E-state index is 11.6. The first-order valence-corrected chi connectivity index (χ1v) is 5.91. The SMILES string of the molecule is CN(C)CCOCCNC(=O)C1CCNC1. The lowest BCUT2D eigenvalue weighted by atomic mass is 10.1. The second-order valence-corrected chi connectivity index (χ2v) is 4.40. The third-order valence-corrected chi connectivity index (χ3v) is 2.66. The molecule has 1 amide bonds. The van der Waals surface area contributed by atoms with Crippen LogP contribution in [0.15, 0.2) is 0 Å². The van der Waals surface area contributed by atoms with Gasteiger partial charge in [0, 0.05) is 19.6 Å². The predicted octanol–water partition coefficient (Wildman–Crippen LogP) is -0.710. The van der Waals surface area contributed by atoms with E-state index in [1.165, 1.54) is 0 Å². The largest absolute Gasteiger partial charge is 0.378 e. The summed E-state index contributed by atoms with van der Waals surface area (Å²) in [5, 5.41) is 6.07. The normalized spacial score (nSPS) is 20.3. The van der Waals surface area contributed by atoms with Gasteiger partial charge in [-0.25, -0.2) is 0 Å². The molecule has 1 rings (SSSR count). The van der Waals surface area contributed by atoms with Crippen LogP contribution in [0.5, 0.6) is 0 Å². The van der Waals surface area contributed by atoms with Gasteiger partial charge in [0.05, 0.1) is 19.1 Å². The maximum absolute atomic E-state index is 11.6. The number of nitrogens with one attached hydrogen (secondary N) is 2. The molecule has 1 atom stereocenters. The number of carbonyl (C=O) groups excluding carboxylic acids is 1. The number of rotatable bonds is 7. The van der Waals surface area contributed by atoms with Gasteiger partial charge < -0.3 is 20.3 Å². The molecule has 0 aromatic carbocycles. The summed E-state index contributed by atoms with van der Waals surface area (Å²) in [5.74, 6) is 0.308. The lowest BCUT2D eigenvalue weighted by molar-refractivity contribution is -0.124. The average Bonchev–Trinajstić information content (AvgIpc) is 2.75. The molecule has 0 aliphatic carbocycles. The van der Waals surface area contributed by atoms with Gasteiger partial charge in [-0.05, 0) is 27.1 Å². The smallest absolute Gasteiger partial charge is 0.224 e. The summed E-state index contributed by atoms with van der Waals surface area (Å²) in [6.07, 6.45) is 0.952. The minimum absolute atomic E-state index is 0.154. The third kappa shape index (κ3) is 5.44. The Labute approximate surface area is 97.5 Å². The van der Waals surface area contributed by atoms with Crippen LogP contribution in [-0.2, 0) is 9.53 Å². The Balaban J connectivity index is 1.92. The van der Waals surface area contributed by atoms with E-state index in [2.05, 4.69) is 15.5 Å². The Bertz CT molecular complexity index is 203. The Morgan fingerprint density at radius 1 is 1.50 bits per heavy atom. The standard InChI is InChI=1S/C11H23N3O2/c1-14(2)6-8-16-7-5-13-11(15)10-3-4-12-9-10/h10,12H,3-9H2,1-2H3,(H,13,15). The first-order valence-electron chi connectivity index (χ1n) is 5.91. The topological polar surface area (TPSA) is 53.6 Å². The molecule has 1 unspecified atom stereocenters. The average molecular weight is 229 g/mol. The van der Waals surface area contributed by atoms with Crippen LogP contribution in [0.2, 0.25) is 0 Å². The number of nitrogens with zero attached hydrogens (tertiary/aromatic N) is 1. The molecular formula is C11H23N3O2. The van der Waals surface area contributed by atoms with Crippen molar-refractivity contribution >= 4 is 5.91 Å². The van der Waals surface area contributed by atoms with Crippen molar-refractivity contribution in [1.29, 1.82) is 0 Å². The minimum Gasteiger partial charge on any atom is -0.378 e. The van der Waals surface area contributed by atoms with Gasteiger partial charge in [-0.1, -0.05) is 0 Å². The molecule has 0 spiro atoms. The molecular weight excluding hydrogens is 206 g/mol. The quantitative estimate of drug-likeness (QED) is 0.566. The number of hydrogen-bond acceptors (Lipinski definition) is 4. The molecule has 0 radical (unpaired) electrons. The van der Waals surface area contributed by atoms with Crippen molar-refractivity contribution in [2.75, 3.05) is 53.5 Å². The molecule has 1 aliphatic heterocycles. The number of hydrogen-bond donors (Lipinski definition) is 2. The zero-order chi connectivity index (χ0) is 11.8. The summed E-state index contributed by atoms with van der Waals surface area (Å²) in [4.78, 5) is 13.6. The predicted molar refractivity (Wildman–Crippen MR) is 63.4 cm³/mol. The summed E-state index contributed by atoms with van der Waals surface area (Å²) < 4.78 is 5.39. The summed E-state index contributed by atoms with van der Waals surface area (Å²) in [7, 11) is 4.02. The molecule has 1 aliphatic rings. The van der Waals surface area contributed by atoms with Gasteiger partial charge in [0.2, 0.25) is 5.91 Å². The Morgan fingerprint density at radius 3 is 2.94 bits per heavy atom. The van der Waals surface area contributed by atoms with Gasteiger partial charge in [-0.2, -0.15) is 0 Å². The first kappa shape index (κ1) is 13.4. The number of amides is 1. The molecule has 1 saturated heterocycles. The van der Waals surface area contributed by atoms with E-state index in [0.717, 1.165) is 26.1 Å². The van der Waals surface area contributed by atoms with Crippen LogP contribution >= 0.6 is 0 Å². The number of carbonyl (C=O) groups is 1. The second-order valence-electron chi connectivity index (χ2n) is 4.40. The van der Waals surface area contributed by atoms with Crippen LogP contribution in [0, 0.1) is 5.92 Å². The van der Waals surface area contributed by atoms with E-state index in [9.17, 15) is 4.79 Å². The lowest BCUT2D eigenvalue weighted by Gasteiger charge is -2.11. The van der Waals surface area contributed by atoms with Crippen LogP contribution in [0.25, 0.3) is 0 Å². The van der Waals surface area contributed by atoms with Crippen LogP contribution < -0.4 is 10.6 Å². The van der Waals surface area contributed by atoms with Gasteiger partial charge >= 0.3 is 0 Å². The Morgan fingerprint density at radius 2 is 2.31 bits per heavy atom. The second kappa shape index (κ2) is 7.60. The minimum atomic E-state index is 0.154. The molecule has 1 fully saturated rings. The van der Waals surface area contributed by atoms with Crippen molar-refractivity contribution in [3.05, 3.63) is 0 Å². The number of likely N-dealkylation sites (N-methyl/N-ethyl adjacent to an activating group) is 1. The van der Waals surface area contributed by atoms with E-state index >= 15 is 0 Å². The molecule has 94 valence electrons. The van der Waals surface area contributed by atoms with Gasteiger partial charge in [-0.15, -0.1) is 0 Å². The number of ether oxygens (including phenoxy) is 1. The molecule has 5 heteroatoms. The summed E-state index contributed by atoms with van der Waals surface area (Å²) in [5.41, 5.74) is 0. The first-order chi connectivity index (χ1) is 7.70. The van der Waals surface area contributed by atoms with Crippen LogP contribution in [-0.4, -0.2) is 64.3 Å². The molecule has 0 saturated carbocycles. The Kier molecular flexibility index (Phi) is 6.37. The zero-order valence-electron chi connectivity index (χ0n) is 10.3. The highest BCUT2D eigenvalue weighted by Crippen LogP contribution is 2.06. The van der Waals surface area contributed by atoms with Gasteiger partial charge in [-0.3, -0.25) is 4.79 Å². The van der Waals surface area contributed by atoms with E-state index in [0.29, 0.717) is 19.8 Å². The van der Waals surface area contributed by atoms with Gasteiger partial charge in [0.1, 0.15) is 0 Å². The molecule has 0 aromatic rings. The molecule has 0 bridgehead atoms. The van der Waals surface area contributed by atoms with Crippen molar-refractivity contribution in [2.45, 2.75) is 6.42 Å². The van der Waals surface area contributed by atoms with Gasteiger partial charge in [0.25, 0.3) is 0 Å². The maximum Gasteiger partial charge on any atom is 0.224 e. The highest BCUT2D eigenvalue weighted by Gasteiger charge is 2.21. The van der Waals surface area contributed by atoms with Gasteiger partial charge in [0.15, 0.2) is 0 Å². The van der Waals surface area contributed by atoms with Crippen LogP contribution in [0.4, 0.5) is 0 Å². The van der Waals surface area contributed by atoms with Crippen LogP contribution in [0.3, 0.4) is 0 Å². The van der Waals surface area contributed by atoms with E-state index in [1.54, 1.807) is 0 Å². The van der Waals surface area contributed by atoms with E-state index < -0.39 is 0 Å². The fourth-order valence-electron chi connectivity index (χ4n) is 1.62. The van der Waals surface area contributed by atoms with Crippen molar-refractivity contribution in [1.82, 2.24) is 15.5 Å². The van der Waals surface area contributed by atoms with Crippen molar-refractivity contribution in [3.8, 4) is 0 Å². The lowest BCUT2D eigenvalue weighted by Crippen LogP contribution is -2.34. The van der Waals surface area contributed by atoms with E-state index in [4.69, 9.17) is 4.74 Å². The van der Waals surface area contributed by atoms with Crippen molar-refractivity contribution in [3.63, 3.8) is 0 Å². The molecule has 1 heterocycles. The van der Waals surface area contributed by atoms with Crippen molar-refractivity contribution < 1.29 is 9.53 Å². The zero-order valence-corrected chi connectivity index (χ0v) is 10.3. The highest BCUT2D eigenvalue weighted by atomic mass is 16.5. The summed E-state index contributed by atoms with van der Waals surface area (Å²) in [6, 6.07) is 0. The Hall–Kier alpha value is -0.650. The fourth-order valence-corrected chi connectivity index (χ4v) is 1.62. The van der Waals surface area contributed by atoms with Crippen molar-refractivity contribution in [2.24, 2.45) is 5.92 Å².